The largest absolute Gasteiger partial charge is 0.409 e. The van der Waals surface area contributed by atoms with Crippen molar-refractivity contribution in [2.24, 2.45) is 10.9 Å². The van der Waals surface area contributed by atoms with E-state index in [4.69, 9.17) is 10.9 Å². The fourth-order valence-electron chi connectivity index (χ4n) is 3.22. The lowest BCUT2D eigenvalue weighted by atomic mass is 10.1. The Morgan fingerprint density at radius 2 is 1.85 bits per heavy atom. The third-order valence-electron chi connectivity index (χ3n) is 4.00. The van der Waals surface area contributed by atoms with Crippen LogP contribution in [0.5, 0.6) is 0 Å². The smallest absolute Gasteiger partial charge is 0.153 e. The molecule has 0 heterocycles. The minimum atomic E-state index is 0.293. The fraction of sp³-hybridized carbons (Fsp3) is 0.562. The Bertz CT molecular complexity index is 458. The summed E-state index contributed by atoms with van der Waals surface area (Å²) in [5, 5.41) is 11.9. The van der Waals surface area contributed by atoms with Crippen molar-refractivity contribution in [3.8, 4) is 0 Å². The molecule has 1 aliphatic carbocycles. The molecule has 3 N–H and O–H groups in total. The minimum Gasteiger partial charge on any atom is -0.409 e. The van der Waals surface area contributed by atoms with E-state index in [2.05, 4.69) is 42.1 Å². The Kier molecular flexibility index (Phi) is 5.01. The van der Waals surface area contributed by atoms with Crippen LogP contribution in [0.4, 0.5) is 0 Å². The molecule has 20 heavy (non-hydrogen) atoms. The summed E-state index contributed by atoms with van der Waals surface area (Å²) in [6.07, 6.45) is 4.99. The van der Waals surface area contributed by atoms with Crippen molar-refractivity contribution in [1.82, 2.24) is 4.90 Å². The first kappa shape index (κ1) is 14.9. The zero-order chi connectivity index (χ0) is 14.5. The van der Waals surface area contributed by atoms with Gasteiger partial charge in [0.2, 0.25) is 0 Å². The van der Waals surface area contributed by atoms with Crippen molar-refractivity contribution in [1.29, 1.82) is 0 Å². The van der Waals surface area contributed by atoms with E-state index >= 15 is 0 Å². The van der Waals surface area contributed by atoms with Gasteiger partial charge in [-0.25, -0.2) is 0 Å². The zero-order valence-corrected chi connectivity index (χ0v) is 12.5. The van der Waals surface area contributed by atoms with Crippen LogP contribution in [0.3, 0.4) is 0 Å². The average Bonchev–Trinajstić information content (AvgIpc) is 2.90. The lowest BCUT2D eigenvalue weighted by Crippen LogP contribution is -2.39. The van der Waals surface area contributed by atoms with E-state index in [-0.39, 0.29) is 0 Å². The summed E-state index contributed by atoms with van der Waals surface area (Å²) in [5.74, 6) is 0.293. The normalized spacial score (nSPS) is 17.1. The van der Waals surface area contributed by atoms with E-state index in [9.17, 15) is 0 Å². The van der Waals surface area contributed by atoms with Gasteiger partial charge in [0, 0.05) is 12.6 Å². The molecule has 1 aromatic rings. The molecule has 1 saturated carbocycles. The molecule has 0 radical (unpaired) electrons. The second-order valence-corrected chi connectivity index (χ2v) is 5.93. The van der Waals surface area contributed by atoms with Crippen molar-refractivity contribution in [2.75, 3.05) is 6.54 Å². The predicted octanol–water partition coefficient (Wildman–Crippen LogP) is 2.79. The molecule has 2 rings (SSSR count). The van der Waals surface area contributed by atoms with Gasteiger partial charge in [-0.05, 0) is 32.3 Å². The maximum absolute atomic E-state index is 8.82. The van der Waals surface area contributed by atoms with E-state index in [1.165, 1.54) is 42.4 Å². The predicted molar refractivity (Wildman–Crippen MR) is 82.0 cm³/mol. The molecule has 0 aliphatic heterocycles. The van der Waals surface area contributed by atoms with Crippen LogP contribution in [0, 0.1) is 13.8 Å². The van der Waals surface area contributed by atoms with E-state index in [0.29, 0.717) is 18.4 Å². The van der Waals surface area contributed by atoms with Crippen molar-refractivity contribution in [2.45, 2.75) is 52.1 Å². The van der Waals surface area contributed by atoms with Crippen LogP contribution < -0.4 is 5.73 Å². The fourth-order valence-corrected chi connectivity index (χ4v) is 3.22. The summed E-state index contributed by atoms with van der Waals surface area (Å²) in [7, 11) is 0. The van der Waals surface area contributed by atoms with Crippen LogP contribution in [-0.2, 0) is 6.54 Å². The van der Waals surface area contributed by atoms with Gasteiger partial charge in [0.05, 0.1) is 6.54 Å². The zero-order valence-electron chi connectivity index (χ0n) is 12.5. The second kappa shape index (κ2) is 6.75. The van der Waals surface area contributed by atoms with Gasteiger partial charge in [-0.2, -0.15) is 0 Å². The number of nitrogens with two attached hydrogens (primary N) is 1. The standard InChI is InChI=1S/C16H25N3O/c1-12-7-13(2)9-14(8-12)10-19(11-16(17)18-20)15-5-3-4-6-15/h7-9,15,20H,3-6,10-11H2,1-2H3,(H2,17,18). The number of hydrogen-bond acceptors (Lipinski definition) is 3. The molecule has 0 spiro atoms. The Hall–Kier alpha value is -1.55. The molecule has 1 aromatic carbocycles. The number of nitrogens with zero attached hydrogens (tertiary/aromatic N) is 2. The van der Waals surface area contributed by atoms with Crippen LogP contribution in [0.25, 0.3) is 0 Å². The van der Waals surface area contributed by atoms with Crippen molar-refractivity contribution < 1.29 is 5.21 Å². The first-order valence-corrected chi connectivity index (χ1v) is 7.36. The maximum Gasteiger partial charge on any atom is 0.153 e. The van der Waals surface area contributed by atoms with Crippen LogP contribution >= 0.6 is 0 Å². The molecule has 0 unspecified atom stereocenters. The number of aryl methyl sites for hydroxylation is 2. The molecule has 4 heteroatoms. The van der Waals surface area contributed by atoms with Gasteiger partial charge in [-0.15, -0.1) is 0 Å². The minimum absolute atomic E-state index is 0.293. The van der Waals surface area contributed by atoms with Crippen LogP contribution in [-0.4, -0.2) is 28.5 Å². The molecule has 0 amide bonds. The van der Waals surface area contributed by atoms with Crippen LogP contribution in [0.15, 0.2) is 23.4 Å². The highest BCUT2D eigenvalue weighted by Gasteiger charge is 2.23. The number of amidine groups is 1. The SMILES string of the molecule is Cc1cc(C)cc(CN(CC(N)=NO)C2CCCC2)c1. The highest BCUT2D eigenvalue weighted by Crippen LogP contribution is 2.25. The molecular formula is C16H25N3O. The lowest BCUT2D eigenvalue weighted by molar-refractivity contribution is 0.214. The van der Waals surface area contributed by atoms with Gasteiger partial charge < -0.3 is 10.9 Å². The summed E-state index contributed by atoms with van der Waals surface area (Å²) >= 11 is 0. The monoisotopic (exact) mass is 275 g/mol. The number of hydrogen-bond donors (Lipinski definition) is 2. The first-order valence-electron chi connectivity index (χ1n) is 7.36. The topological polar surface area (TPSA) is 61.8 Å². The van der Waals surface area contributed by atoms with Gasteiger partial charge in [-0.3, -0.25) is 4.90 Å². The van der Waals surface area contributed by atoms with E-state index < -0.39 is 0 Å². The Morgan fingerprint density at radius 3 is 2.40 bits per heavy atom. The first-order chi connectivity index (χ1) is 9.58. The molecule has 0 atom stereocenters. The number of benzene rings is 1. The molecular weight excluding hydrogens is 250 g/mol. The van der Waals surface area contributed by atoms with Crippen LogP contribution in [0.2, 0.25) is 0 Å². The highest BCUT2D eigenvalue weighted by atomic mass is 16.4. The van der Waals surface area contributed by atoms with Crippen molar-refractivity contribution in [3.05, 3.63) is 34.9 Å². The molecule has 4 nitrogen and oxygen atoms in total. The summed E-state index contributed by atoms with van der Waals surface area (Å²) in [6, 6.07) is 7.19. The van der Waals surface area contributed by atoms with Gasteiger partial charge in [-0.1, -0.05) is 47.3 Å². The van der Waals surface area contributed by atoms with Gasteiger partial charge in [0.15, 0.2) is 5.84 Å². The van der Waals surface area contributed by atoms with Crippen LogP contribution in [0.1, 0.15) is 42.4 Å². The molecule has 1 fully saturated rings. The number of rotatable bonds is 5. The van der Waals surface area contributed by atoms with E-state index in [1.807, 2.05) is 0 Å². The third kappa shape index (κ3) is 3.97. The van der Waals surface area contributed by atoms with E-state index in [1.54, 1.807) is 0 Å². The Morgan fingerprint density at radius 1 is 1.25 bits per heavy atom. The maximum atomic E-state index is 8.82. The Balaban J connectivity index is 2.13. The van der Waals surface area contributed by atoms with Gasteiger partial charge >= 0.3 is 0 Å². The summed E-state index contributed by atoms with van der Waals surface area (Å²) in [4.78, 5) is 2.34. The Labute approximate surface area is 121 Å². The summed E-state index contributed by atoms with van der Waals surface area (Å²) < 4.78 is 0. The quantitative estimate of drug-likeness (QED) is 0.376. The van der Waals surface area contributed by atoms with E-state index in [0.717, 1.165) is 6.54 Å². The second-order valence-electron chi connectivity index (χ2n) is 5.93. The summed E-state index contributed by atoms with van der Waals surface area (Å²) in [5.41, 5.74) is 9.59. The molecule has 1 aliphatic rings. The molecule has 0 aromatic heterocycles. The van der Waals surface area contributed by atoms with Crippen molar-refractivity contribution in [3.63, 3.8) is 0 Å². The van der Waals surface area contributed by atoms with Gasteiger partial charge in [0.25, 0.3) is 0 Å². The average molecular weight is 275 g/mol. The highest BCUT2D eigenvalue weighted by molar-refractivity contribution is 5.81. The number of oxime groups is 1. The third-order valence-corrected chi connectivity index (χ3v) is 4.00. The lowest BCUT2D eigenvalue weighted by Gasteiger charge is -2.28. The molecule has 0 bridgehead atoms. The summed E-state index contributed by atoms with van der Waals surface area (Å²) in [6.45, 7) is 5.65. The molecule has 0 saturated heterocycles. The molecule has 110 valence electrons. The van der Waals surface area contributed by atoms with Crippen molar-refractivity contribution >= 4 is 5.84 Å². The van der Waals surface area contributed by atoms with Gasteiger partial charge in [0.1, 0.15) is 0 Å².